The molecule has 0 aliphatic carbocycles. The molecule has 0 radical (unpaired) electrons. The van der Waals surface area contributed by atoms with Crippen molar-refractivity contribution in [1.29, 1.82) is 5.41 Å². The van der Waals surface area contributed by atoms with Crippen LogP contribution in [-0.2, 0) is 9.59 Å². The molecule has 3 aliphatic heterocycles. The van der Waals surface area contributed by atoms with Gasteiger partial charge in [0, 0.05) is 17.6 Å². The molecule has 3 aliphatic rings. The molecule has 3 aromatic rings. The number of benzene rings is 3. The quantitative estimate of drug-likeness (QED) is 0.341. The number of amides is 2. The number of hydrogen-bond donors (Lipinski definition) is 2. The summed E-state index contributed by atoms with van der Waals surface area (Å²) in [6, 6.07) is 26.8. The van der Waals surface area contributed by atoms with E-state index in [0.717, 1.165) is 36.1 Å². The van der Waals surface area contributed by atoms with Gasteiger partial charge in [-0.25, -0.2) is 0 Å². The molecule has 3 saturated heterocycles. The number of likely N-dealkylation sites (tertiary alicyclic amines) is 1. The predicted octanol–water partition coefficient (Wildman–Crippen LogP) is 3.88. The van der Waals surface area contributed by atoms with Crippen LogP contribution in [0.5, 0.6) is 0 Å². The van der Waals surface area contributed by atoms with Crippen molar-refractivity contribution >= 4 is 17.6 Å². The van der Waals surface area contributed by atoms with Crippen molar-refractivity contribution in [2.45, 2.75) is 31.0 Å². The summed E-state index contributed by atoms with van der Waals surface area (Å²) in [6.45, 7) is 0.887. The summed E-state index contributed by atoms with van der Waals surface area (Å²) in [5.41, 5.74) is 9.20. The third-order valence-electron chi connectivity index (χ3n) is 7.94. The number of nitrogen functional groups attached to an aromatic ring is 1. The molecule has 3 N–H and O–H groups in total. The van der Waals surface area contributed by atoms with Crippen LogP contribution in [0.3, 0.4) is 0 Å². The van der Waals surface area contributed by atoms with Crippen LogP contribution in [0.4, 0.5) is 0 Å². The van der Waals surface area contributed by atoms with Crippen LogP contribution in [-0.4, -0.2) is 40.0 Å². The van der Waals surface area contributed by atoms with Gasteiger partial charge in [-0.1, -0.05) is 84.9 Å². The fourth-order valence-electron chi connectivity index (χ4n) is 6.50. The van der Waals surface area contributed by atoms with Crippen molar-refractivity contribution in [2.24, 2.45) is 17.6 Å². The molecule has 176 valence electrons. The molecule has 6 rings (SSSR count). The van der Waals surface area contributed by atoms with Gasteiger partial charge in [0.25, 0.3) is 0 Å². The first-order valence-corrected chi connectivity index (χ1v) is 12.2. The Morgan fingerprint density at radius 1 is 0.829 bits per heavy atom. The molecule has 6 nitrogen and oxygen atoms in total. The normalized spacial score (nSPS) is 25.8. The summed E-state index contributed by atoms with van der Waals surface area (Å²) >= 11 is 0. The fraction of sp³-hybridized carbons (Fsp3) is 0.276. The molecule has 35 heavy (non-hydrogen) atoms. The van der Waals surface area contributed by atoms with Gasteiger partial charge in [0.1, 0.15) is 5.84 Å². The fourth-order valence-corrected chi connectivity index (χ4v) is 6.50. The lowest BCUT2D eigenvalue weighted by atomic mass is 9.85. The molecule has 4 atom stereocenters. The number of rotatable bonds is 5. The molecule has 0 aromatic heterocycles. The average Bonchev–Trinajstić information content (AvgIpc) is 3.54. The summed E-state index contributed by atoms with van der Waals surface area (Å²) in [5.74, 6) is -0.875. The summed E-state index contributed by atoms with van der Waals surface area (Å²) < 4.78 is 0. The maximum Gasteiger partial charge on any atom is 0.235 e. The van der Waals surface area contributed by atoms with E-state index >= 15 is 0 Å². The summed E-state index contributed by atoms with van der Waals surface area (Å²) in [4.78, 5) is 32.2. The lowest BCUT2D eigenvalue weighted by Crippen LogP contribution is -2.41. The minimum atomic E-state index is -0.446. The highest BCUT2D eigenvalue weighted by Gasteiger charge is 2.64. The van der Waals surface area contributed by atoms with Gasteiger partial charge in [-0.05, 0) is 36.1 Å². The van der Waals surface area contributed by atoms with Crippen LogP contribution in [0.2, 0.25) is 0 Å². The molecular formula is C29H28N4O2. The number of nitrogens with one attached hydrogen (secondary N) is 1. The number of nitrogens with zero attached hydrogens (tertiary/aromatic N) is 2. The summed E-state index contributed by atoms with van der Waals surface area (Å²) in [7, 11) is 0. The minimum Gasteiger partial charge on any atom is -0.384 e. The largest absolute Gasteiger partial charge is 0.384 e. The Hall–Kier alpha value is -3.77. The Bertz CT molecular complexity index is 1240. The highest BCUT2D eigenvalue weighted by atomic mass is 16.2. The Kier molecular flexibility index (Phi) is 5.26. The Morgan fingerprint density at radius 2 is 1.40 bits per heavy atom. The molecule has 3 heterocycles. The van der Waals surface area contributed by atoms with E-state index in [1.165, 1.54) is 0 Å². The molecule has 6 heteroatoms. The zero-order valence-corrected chi connectivity index (χ0v) is 19.4. The monoisotopic (exact) mass is 464 g/mol. The predicted molar refractivity (Wildman–Crippen MR) is 133 cm³/mol. The Balaban J connectivity index is 1.43. The number of imide groups is 1. The van der Waals surface area contributed by atoms with Gasteiger partial charge in [0.2, 0.25) is 11.8 Å². The van der Waals surface area contributed by atoms with E-state index in [2.05, 4.69) is 4.90 Å². The van der Waals surface area contributed by atoms with Crippen molar-refractivity contribution in [1.82, 2.24) is 9.80 Å². The van der Waals surface area contributed by atoms with Gasteiger partial charge < -0.3 is 5.73 Å². The molecule has 0 saturated carbocycles. The second kappa shape index (κ2) is 8.47. The molecule has 3 aromatic carbocycles. The molecular weight excluding hydrogens is 436 g/mol. The Labute approximate surface area is 204 Å². The number of carbonyl (C=O) groups is 2. The van der Waals surface area contributed by atoms with E-state index < -0.39 is 12.0 Å². The van der Waals surface area contributed by atoms with Crippen molar-refractivity contribution in [3.8, 4) is 0 Å². The van der Waals surface area contributed by atoms with Crippen LogP contribution >= 0.6 is 0 Å². The maximum absolute atomic E-state index is 14.2. The van der Waals surface area contributed by atoms with Crippen molar-refractivity contribution in [3.05, 3.63) is 107 Å². The second-order valence-electron chi connectivity index (χ2n) is 9.75. The number of nitrogens with two attached hydrogens (primary N) is 1. The van der Waals surface area contributed by atoms with Gasteiger partial charge in [0.05, 0.1) is 17.9 Å². The van der Waals surface area contributed by atoms with Gasteiger partial charge in [0.15, 0.2) is 0 Å². The highest BCUT2D eigenvalue weighted by Crippen LogP contribution is 2.54. The van der Waals surface area contributed by atoms with Crippen LogP contribution < -0.4 is 5.73 Å². The van der Waals surface area contributed by atoms with E-state index in [1.54, 1.807) is 4.90 Å². The highest BCUT2D eigenvalue weighted by molar-refractivity contribution is 6.07. The third-order valence-corrected chi connectivity index (χ3v) is 7.94. The molecule has 0 unspecified atom stereocenters. The van der Waals surface area contributed by atoms with Gasteiger partial charge in [-0.3, -0.25) is 24.8 Å². The van der Waals surface area contributed by atoms with Crippen molar-refractivity contribution in [3.63, 3.8) is 0 Å². The van der Waals surface area contributed by atoms with E-state index in [-0.39, 0.29) is 35.7 Å². The van der Waals surface area contributed by atoms with E-state index in [9.17, 15) is 9.59 Å². The summed E-state index contributed by atoms with van der Waals surface area (Å²) in [5, 5.41) is 7.71. The van der Waals surface area contributed by atoms with Gasteiger partial charge in [-0.2, -0.15) is 0 Å². The van der Waals surface area contributed by atoms with Crippen molar-refractivity contribution in [2.75, 3.05) is 6.54 Å². The molecule has 0 bridgehead atoms. The Morgan fingerprint density at radius 3 is 1.97 bits per heavy atom. The third kappa shape index (κ3) is 3.40. The van der Waals surface area contributed by atoms with Gasteiger partial charge in [-0.15, -0.1) is 0 Å². The number of hydrogen-bond acceptors (Lipinski definition) is 4. The van der Waals surface area contributed by atoms with Crippen LogP contribution in [0.15, 0.2) is 84.9 Å². The first-order valence-electron chi connectivity index (χ1n) is 12.2. The zero-order chi connectivity index (χ0) is 24.1. The summed E-state index contributed by atoms with van der Waals surface area (Å²) in [6.07, 6.45) is 1.95. The molecule has 0 spiro atoms. The second-order valence-corrected chi connectivity index (χ2v) is 9.75. The lowest BCUT2D eigenvalue weighted by Gasteiger charge is -2.32. The molecule has 3 fully saturated rings. The smallest absolute Gasteiger partial charge is 0.235 e. The standard InChI is InChI=1S/C29H28N4O2/c30-27(31)21-15-13-20(14-16-21)26-24-23(22-12-7-17-32(22)26)28(34)33(29(24)35)25(18-8-3-1-4-9-18)19-10-5-2-6-11-19/h1-6,8-11,13-16,22-26H,7,12,17H2,(H3,30,31)/t22-,23-,24-,26-/m1/s1. The van der Waals surface area contributed by atoms with E-state index in [4.69, 9.17) is 11.1 Å². The average molecular weight is 465 g/mol. The lowest BCUT2D eigenvalue weighted by molar-refractivity contribution is -0.143. The SMILES string of the molecule is N=C(N)c1ccc([C@@H]2[C@@H]3C(=O)N(C(c4ccccc4)c4ccccc4)C(=O)[C@@H]3[C@H]3CCCN32)cc1. The van der Waals surface area contributed by atoms with Crippen LogP contribution in [0.25, 0.3) is 0 Å². The van der Waals surface area contributed by atoms with Crippen molar-refractivity contribution < 1.29 is 9.59 Å². The number of fused-ring (bicyclic) bond motifs is 3. The topological polar surface area (TPSA) is 90.5 Å². The number of carbonyl (C=O) groups excluding carboxylic acids is 2. The van der Waals surface area contributed by atoms with E-state index in [0.29, 0.717) is 5.56 Å². The maximum atomic E-state index is 14.2. The minimum absolute atomic E-state index is 0.0201. The molecule has 2 amide bonds. The first-order chi connectivity index (χ1) is 17.1. The van der Waals surface area contributed by atoms with Gasteiger partial charge >= 0.3 is 0 Å². The zero-order valence-electron chi connectivity index (χ0n) is 19.4. The number of amidine groups is 1. The first kappa shape index (κ1) is 21.7. The van der Waals surface area contributed by atoms with E-state index in [1.807, 2.05) is 84.9 Å². The van der Waals surface area contributed by atoms with Crippen LogP contribution in [0, 0.1) is 17.2 Å². The van der Waals surface area contributed by atoms with Crippen LogP contribution in [0.1, 0.15) is 47.2 Å².